The third kappa shape index (κ3) is 7.20. The van der Waals surface area contributed by atoms with E-state index in [1.807, 2.05) is 13.8 Å². The molecule has 1 aliphatic heterocycles. The lowest BCUT2D eigenvalue weighted by Gasteiger charge is -2.45. The molecule has 1 aromatic rings. The fraction of sp³-hybridized carbons (Fsp3) is 0.632. The van der Waals surface area contributed by atoms with Gasteiger partial charge in [-0.25, -0.2) is 4.79 Å². The van der Waals surface area contributed by atoms with E-state index in [4.69, 9.17) is 4.74 Å². The number of hydrogen-bond acceptors (Lipinski definition) is 4. The molecule has 1 aromatic carbocycles. The van der Waals surface area contributed by atoms with Gasteiger partial charge in [-0.15, -0.1) is 13.2 Å². The molecule has 0 aliphatic carbocycles. The minimum Gasteiger partial charge on any atom is -0.406 e. The Morgan fingerprint density at radius 2 is 1.71 bits per heavy atom. The van der Waals surface area contributed by atoms with Crippen molar-refractivity contribution < 1.29 is 27.4 Å². The molecule has 2 atom stereocenters. The van der Waals surface area contributed by atoms with E-state index in [2.05, 4.69) is 34.1 Å². The van der Waals surface area contributed by atoms with Gasteiger partial charge in [-0.2, -0.15) is 0 Å². The highest BCUT2D eigenvalue weighted by Crippen LogP contribution is 2.23. The number of urea groups is 1. The van der Waals surface area contributed by atoms with Crippen molar-refractivity contribution in [3.63, 3.8) is 0 Å². The van der Waals surface area contributed by atoms with Crippen LogP contribution in [0.5, 0.6) is 5.75 Å². The molecule has 2 rings (SSSR count). The quantitative estimate of drug-likeness (QED) is 0.765. The zero-order chi connectivity index (χ0) is 20.9. The van der Waals surface area contributed by atoms with Gasteiger partial charge in [0.15, 0.2) is 0 Å². The van der Waals surface area contributed by atoms with Crippen LogP contribution in [0.1, 0.15) is 33.3 Å². The minimum atomic E-state index is -4.72. The zero-order valence-corrected chi connectivity index (χ0v) is 16.6. The van der Waals surface area contributed by atoms with Crippen LogP contribution in [0.3, 0.4) is 0 Å². The summed E-state index contributed by atoms with van der Waals surface area (Å²) in [6.07, 6.45) is -4.44. The largest absolute Gasteiger partial charge is 0.573 e. The fourth-order valence-corrected chi connectivity index (χ4v) is 3.13. The van der Waals surface area contributed by atoms with Crippen LogP contribution >= 0.6 is 0 Å². The second kappa shape index (κ2) is 9.00. The Morgan fingerprint density at radius 3 is 2.25 bits per heavy atom. The monoisotopic (exact) mass is 403 g/mol. The summed E-state index contributed by atoms with van der Waals surface area (Å²) in [5.41, 5.74) is 0.431. The Balaban J connectivity index is 1.77. The molecule has 0 saturated carbocycles. The first-order valence-corrected chi connectivity index (χ1v) is 9.21. The van der Waals surface area contributed by atoms with Crippen LogP contribution in [0.2, 0.25) is 0 Å². The number of alkyl halides is 3. The normalized spacial score (nSPS) is 21.2. The smallest absolute Gasteiger partial charge is 0.406 e. The average molecular weight is 403 g/mol. The molecule has 6 nitrogen and oxygen atoms in total. The maximum atomic E-state index is 12.2. The van der Waals surface area contributed by atoms with E-state index in [1.54, 1.807) is 0 Å². The fourth-order valence-electron chi connectivity index (χ4n) is 3.13. The molecule has 9 heteroatoms. The molecule has 2 unspecified atom stereocenters. The van der Waals surface area contributed by atoms with Crippen molar-refractivity contribution >= 4 is 6.03 Å². The number of halogens is 3. The van der Waals surface area contributed by atoms with E-state index < -0.39 is 6.36 Å². The van der Waals surface area contributed by atoms with Gasteiger partial charge in [-0.3, -0.25) is 4.90 Å². The summed E-state index contributed by atoms with van der Waals surface area (Å²) in [5.74, 6) is -0.295. The molecule has 1 heterocycles. The first-order valence-electron chi connectivity index (χ1n) is 9.21. The molecule has 0 aromatic heterocycles. The topological polar surface area (TPSA) is 62.8 Å². The van der Waals surface area contributed by atoms with Crippen molar-refractivity contribution in [1.29, 1.82) is 0 Å². The Labute approximate surface area is 163 Å². The number of hydrogen-bond donors (Lipinski definition) is 2. The van der Waals surface area contributed by atoms with Crippen molar-refractivity contribution in [2.45, 2.75) is 58.3 Å². The molecule has 1 saturated heterocycles. The zero-order valence-electron chi connectivity index (χ0n) is 16.6. The summed E-state index contributed by atoms with van der Waals surface area (Å²) in [7, 11) is 0. The van der Waals surface area contributed by atoms with Gasteiger partial charge < -0.3 is 20.1 Å². The number of ether oxygens (including phenoxy) is 2. The number of carbonyl (C=O) groups excluding carboxylic acids is 1. The van der Waals surface area contributed by atoms with Crippen LogP contribution in [-0.2, 0) is 11.3 Å². The molecule has 1 aliphatic rings. The highest BCUT2D eigenvalue weighted by molar-refractivity contribution is 5.73. The Hall–Kier alpha value is -2.00. The summed E-state index contributed by atoms with van der Waals surface area (Å²) in [6.45, 7) is 10.4. The molecule has 158 valence electrons. The predicted octanol–water partition coefficient (Wildman–Crippen LogP) is 3.27. The first-order chi connectivity index (χ1) is 12.9. The van der Waals surface area contributed by atoms with Crippen LogP contribution in [-0.4, -0.2) is 54.7 Å². The van der Waals surface area contributed by atoms with Crippen molar-refractivity contribution in [3.05, 3.63) is 29.8 Å². The van der Waals surface area contributed by atoms with Crippen molar-refractivity contribution in [2.24, 2.45) is 0 Å². The second-order valence-corrected chi connectivity index (χ2v) is 7.70. The third-order valence-electron chi connectivity index (χ3n) is 4.57. The first kappa shape index (κ1) is 22.3. The number of morpholine rings is 1. The van der Waals surface area contributed by atoms with Gasteiger partial charge in [-0.05, 0) is 45.4 Å². The number of carbonyl (C=O) groups is 1. The lowest BCUT2D eigenvalue weighted by Crippen LogP contribution is -2.59. The van der Waals surface area contributed by atoms with Gasteiger partial charge in [-0.1, -0.05) is 12.1 Å². The van der Waals surface area contributed by atoms with Crippen LogP contribution in [0, 0.1) is 0 Å². The van der Waals surface area contributed by atoms with Crippen LogP contribution in [0.15, 0.2) is 24.3 Å². The Morgan fingerprint density at radius 1 is 1.14 bits per heavy atom. The van der Waals surface area contributed by atoms with Gasteiger partial charge in [0.2, 0.25) is 0 Å². The number of nitrogens with zero attached hydrogens (tertiary/aromatic N) is 1. The van der Waals surface area contributed by atoms with Gasteiger partial charge in [0.1, 0.15) is 5.75 Å². The highest BCUT2D eigenvalue weighted by Gasteiger charge is 2.33. The Kier molecular flexibility index (Phi) is 7.16. The maximum absolute atomic E-state index is 12.2. The van der Waals surface area contributed by atoms with Crippen LogP contribution < -0.4 is 15.4 Å². The van der Waals surface area contributed by atoms with E-state index >= 15 is 0 Å². The average Bonchev–Trinajstić information content (AvgIpc) is 2.57. The van der Waals surface area contributed by atoms with Crippen LogP contribution in [0.4, 0.5) is 18.0 Å². The van der Waals surface area contributed by atoms with Crippen molar-refractivity contribution in [3.8, 4) is 5.75 Å². The van der Waals surface area contributed by atoms with Gasteiger partial charge in [0.05, 0.1) is 12.2 Å². The number of benzene rings is 1. The molecule has 2 amide bonds. The molecule has 1 fully saturated rings. The third-order valence-corrected chi connectivity index (χ3v) is 4.57. The van der Waals surface area contributed by atoms with Crippen LogP contribution in [0.25, 0.3) is 0 Å². The number of nitrogens with one attached hydrogen (secondary N) is 2. The number of amides is 2. The molecule has 0 radical (unpaired) electrons. The van der Waals surface area contributed by atoms with Crippen molar-refractivity contribution in [1.82, 2.24) is 15.5 Å². The lowest BCUT2D eigenvalue weighted by atomic mass is 10.00. The van der Waals surface area contributed by atoms with E-state index in [9.17, 15) is 18.0 Å². The van der Waals surface area contributed by atoms with E-state index in [1.165, 1.54) is 24.3 Å². The van der Waals surface area contributed by atoms with Gasteiger partial charge in [0, 0.05) is 31.7 Å². The molecule has 2 N–H and O–H groups in total. The standard InChI is InChI=1S/C19H28F3N3O3/c1-13-10-25(11-14(2)27-13)18(3,4)12-24-17(26)23-9-15-5-7-16(8-6-15)28-19(20,21)22/h5-8,13-14H,9-12H2,1-4H3,(H2,23,24,26). The SMILES string of the molecule is CC1CN(C(C)(C)CNC(=O)NCc2ccc(OC(F)(F)F)cc2)CC(C)O1. The van der Waals surface area contributed by atoms with E-state index in [-0.39, 0.29) is 36.1 Å². The maximum Gasteiger partial charge on any atom is 0.573 e. The molecule has 28 heavy (non-hydrogen) atoms. The lowest BCUT2D eigenvalue weighted by molar-refractivity contribution is -0.274. The predicted molar refractivity (Wildman–Crippen MR) is 99.0 cm³/mol. The van der Waals surface area contributed by atoms with Gasteiger partial charge >= 0.3 is 12.4 Å². The number of rotatable bonds is 6. The van der Waals surface area contributed by atoms with Gasteiger partial charge in [0.25, 0.3) is 0 Å². The molecular weight excluding hydrogens is 375 g/mol. The van der Waals surface area contributed by atoms with E-state index in [0.29, 0.717) is 12.1 Å². The Bertz CT molecular complexity index is 640. The van der Waals surface area contributed by atoms with Crippen molar-refractivity contribution in [2.75, 3.05) is 19.6 Å². The highest BCUT2D eigenvalue weighted by atomic mass is 19.4. The summed E-state index contributed by atoms with van der Waals surface area (Å²) in [6, 6.07) is 5.04. The molecule has 0 bridgehead atoms. The molecular formula is C19H28F3N3O3. The van der Waals surface area contributed by atoms with E-state index in [0.717, 1.165) is 13.1 Å². The second-order valence-electron chi connectivity index (χ2n) is 7.70. The minimum absolute atomic E-state index is 0.140. The summed E-state index contributed by atoms with van der Waals surface area (Å²) in [4.78, 5) is 14.4. The summed E-state index contributed by atoms with van der Waals surface area (Å²) in [5, 5.41) is 5.56. The summed E-state index contributed by atoms with van der Waals surface area (Å²) < 4.78 is 46.0. The molecule has 0 spiro atoms. The summed E-state index contributed by atoms with van der Waals surface area (Å²) >= 11 is 0.